The van der Waals surface area contributed by atoms with Crippen LogP contribution in [0.25, 0.3) is 0 Å². The Morgan fingerprint density at radius 1 is 0.962 bits per heavy atom. The van der Waals surface area contributed by atoms with Crippen LogP contribution < -0.4 is 0 Å². The molecule has 8 nitrogen and oxygen atoms in total. The Hall–Kier alpha value is -0.770. The third-order valence-electron chi connectivity index (χ3n) is 18.4. The van der Waals surface area contributed by atoms with E-state index in [0.29, 0.717) is 23.7 Å². The highest BCUT2D eigenvalue weighted by Gasteiger charge is 2.84. The zero-order valence-corrected chi connectivity index (χ0v) is 34.7. The Bertz CT molecular complexity index is 1360. The lowest BCUT2D eigenvalue weighted by molar-refractivity contribution is -0.249. The fraction of sp³-hybridized carbons (Fsp3) is 0.978. The molecule has 2 saturated heterocycles. The maximum Gasteiger partial charge on any atom is 0.303 e. The van der Waals surface area contributed by atoms with E-state index >= 15 is 0 Å². The van der Waals surface area contributed by atoms with E-state index in [1.54, 1.807) is 13.8 Å². The predicted molar refractivity (Wildman–Crippen MR) is 205 cm³/mol. The van der Waals surface area contributed by atoms with Crippen molar-refractivity contribution in [1.82, 2.24) is 4.90 Å². The van der Waals surface area contributed by atoms with Crippen LogP contribution in [0.5, 0.6) is 0 Å². The van der Waals surface area contributed by atoms with Crippen molar-refractivity contribution >= 4 is 5.97 Å². The Morgan fingerprint density at radius 3 is 2.36 bits per heavy atom. The van der Waals surface area contributed by atoms with Gasteiger partial charge in [0.05, 0.1) is 36.6 Å². The topological polar surface area (TPSA) is 97.7 Å². The van der Waals surface area contributed by atoms with Crippen molar-refractivity contribution in [3.05, 3.63) is 0 Å². The van der Waals surface area contributed by atoms with Gasteiger partial charge >= 0.3 is 5.97 Å². The van der Waals surface area contributed by atoms with Crippen molar-refractivity contribution in [3.63, 3.8) is 0 Å². The number of rotatable bonds is 8. The SMILES string of the molecule is CC(=O)OC(C1CC(C)C2C(O1)C(O)C1(C)C3CCC4C(C)(C)C(OC5CN(CCC6CCCCCC6)CCO5)CCC45CC35CCC21C)C(C)(C)O. The molecule has 0 aromatic rings. The number of morpholine rings is 1. The molecule has 2 N–H and O–H groups in total. The van der Waals surface area contributed by atoms with Crippen molar-refractivity contribution in [3.8, 4) is 0 Å². The summed E-state index contributed by atoms with van der Waals surface area (Å²) in [6.07, 6.45) is 16.8. The molecule has 8 rings (SSSR count). The minimum Gasteiger partial charge on any atom is -0.457 e. The second kappa shape index (κ2) is 13.7. The van der Waals surface area contributed by atoms with Gasteiger partial charge in [-0.3, -0.25) is 9.69 Å². The number of hydrogen-bond donors (Lipinski definition) is 2. The fourth-order valence-electron chi connectivity index (χ4n) is 15.8. The number of carbonyl (C=O) groups excluding carboxylic acids is 1. The van der Waals surface area contributed by atoms with Gasteiger partial charge in [-0.25, -0.2) is 0 Å². The summed E-state index contributed by atoms with van der Waals surface area (Å²) in [5.74, 6) is 2.06. The molecule has 2 heterocycles. The first-order chi connectivity index (χ1) is 25.0. The molecule has 2 aliphatic heterocycles. The van der Waals surface area contributed by atoms with Crippen molar-refractivity contribution in [2.75, 3.05) is 26.2 Å². The number of aliphatic hydroxyl groups excluding tert-OH is 1. The third-order valence-corrected chi connectivity index (χ3v) is 18.4. The highest BCUT2D eigenvalue weighted by Crippen LogP contribution is 2.89. The third kappa shape index (κ3) is 6.05. The van der Waals surface area contributed by atoms with Gasteiger partial charge < -0.3 is 29.2 Å². The molecule has 8 fully saturated rings. The Labute approximate surface area is 321 Å². The van der Waals surface area contributed by atoms with Crippen LogP contribution in [0.4, 0.5) is 0 Å². The minimum absolute atomic E-state index is 0.0457. The maximum absolute atomic E-state index is 12.7. The van der Waals surface area contributed by atoms with E-state index in [1.165, 1.54) is 84.1 Å². The highest BCUT2D eigenvalue weighted by atomic mass is 16.7. The van der Waals surface area contributed by atoms with Crippen LogP contribution >= 0.6 is 0 Å². The van der Waals surface area contributed by atoms with Crippen LogP contribution in [0.3, 0.4) is 0 Å². The molecule has 0 radical (unpaired) electrons. The molecule has 0 bridgehead atoms. The largest absolute Gasteiger partial charge is 0.457 e. The fourth-order valence-corrected chi connectivity index (χ4v) is 15.8. The average molecular weight is 742 g/mol. The summed E-state index contributed by atoms with van der Waals surface area (Å²) in [6.45, 7) is 20.9. The number of hydrogen-bond acceptors (Lipinski definition) is 8. The van der Waals surface area contributed by atoms with E-state index in [2.05, 4.69) is 39.5 Å². The standard InChI is InChI=1S/C45H75NO7/c1-28-25-31(39(41(5,6)49)51-29(2)47)52-37-36(28)42(7)20-21-45-27-44(45)19-17-34(40(3,4)32(44)15-16-33(45)43(42,8)38(37)48)53-35-26-46(23-24-50-35)22-18-30-13-11-9-10-12-14-30/h28,30-39,48-49H,9-27H2,1-8H3. The van der Waals surface area contributed by atoms with Gasteiger partial charge in [0, 0.05) is 25.4 Å². The lowest BCUT2D eigenvalue weighted by atomic mass is 9.41. The van der Waals surface area contributed by atoms with Crippen molar-refractivity contribution < 1.29 is 34.0 Å². The van der Waals surface area contributed by atoms with E-state index in [0.717, 1.165) is 44.9 Å². The monoisotopic (exact) mass is 742 g/mol. The van der Waals surface area contributed by atoms with Gasteiger partial charge in [0.2, 0.25) is 0 Å². The van der Waals surface area contributed by atoms with Crippen LogP contribution in [-0.2, 0) is 23.7 Å². The molecular weight excluding hydrogens is 666 g/mol. The minimum atomic E-state index is -1.25. The van der Waals surface area contributed by atoms with E-state index in [4.69, 9.17) is 18.9 Å². The first-order valence-electron chi connectivity index (χ1n) is 22.2. The molecule has 6 saturated carbocycles. The van der Waals surface area contributed by atoms with E-state index in [-0.39, 0.29) is 52.0 Å². The summed E-state index contributed by atoms with van der Waals surface area (Å²) in [5.41, 5.74) is -0.899. The number of esters is 1. The van der Waals surface area contributed by atoms with E-state index in [9.17, 15) is 15.0 Å². The molecule has 14 atom stereocenters. The number of nitrogens with zero attached hydrogens (tertiary/aromatic N) is 1. The average Bonchev–Trinajstić information content (AvgIpc) is 3.80. The number of carbonyl (C=O) groups is 1. The molecule has 8 heteroatoms. The van der Waals surface area contributed by atoms with Gasteiger partial charge in [0.15, 0.2) is 12.4 Å². The van der Waals surface area contributed by atoms with Crippen molar-refractivity contribution in [2.45, 2.75) is 194 Å². The van der Waals surface area contributed by atoms with Crippen LogP contribution in [0, 0.1) is 56.7 Å². The molecule has 6 aliphatic carbocycles. The molecular formula is C45H75NO7. The van der Waals surface area contributed by atoms with Crippen molar-refractivity contribution in [2.24, 2.45) is 56.7 Å². The first kappa shape index (κ1) is 39.1. The van der Waals surface area contributed by atoms with Gasteiger partial charge in [-0.05, 0) is 129 Å². The molecule has 0 aromatic carbocycles. The summed E-state index contributed by atoms with van der Waals surface area (Å²) in [7, 11) is 0. The molecule has 14 unspecified atom stereocenters. The molecule has 0 amide bonds. The quantitative estimate of drug-likeness (QED) is 0.192. The van der Waals surface area contributed by atoms with Crippen LogP contribution in [0.15, 0.2) is 0 Å². The maximum atomic E-state index is 12.7. The zero-order chi connectivity index (χ0) is 37.8. The second-order valence-electron chi connectivity index (χ2n) is 21.6. The smallest absolute Gasteiger partial charge is 0.303 e. The van der Waals surface area contributed by atoms with E-state index < -0.39 is 29.9 Å². The van der Waals surface area contributed by atoms with Gasteiger partial charge in [-0.1, -0.05) is 73.1 Å². The van der Waals surface area contributed by atoms with E-state index in [1.807, 2.05) is 0 Å². The van der Waals surface area contributed by atoms with Crippen LogP contribution in [0.1, 0.15) is 152 Å². The van der Waals surface area contributed by atoms with Gasteiger partial charge in [-0.2, -0.15) is 0 Å². The Balaban J connectivity index is 0.964. The highest BCUT2D eigenvalue weighted by molar-refractivity contribution is 5.66. The van der Waals surface area contributed by atoms with Gasteiger partial charge in [-0.15, -0.1) is 0 Å². The molecule has 2 spiro atoms. The van der Waals surface area contributed by atoms with Gasteiger partial charge in [0.1, 0.15) is 0 Å². The molecule has 8 aliphatic rings. The first-order valence-corrected chi connectivity index (χ1v) is 22.2. The van der Waals surface area contributed by atoms with Crippen LogP contribution in [0.2, 0.25) is 0 Å². The Kier molecular flexibility index (Phi) is 10.1. The second-order valence-corrected chi connectivity index (χ2v) is 21.6. The summed E-state index contributed by atoms with van der Waals surface area (Å²) in [5, 5.41) is 23.7. The van der Waals surface area contributed by atoms with Crippen LogP contribution in [-0.4, -0.2) is 89.7 Å². The normalized spacial score (nSPS) is 49.0. The predicted octanol–water partition coefficient (Wildman–Crippen LogP) is 7.91. The zero-order valence-electron chi connectivity index (χ0n) is 34.7. The van der Waals surface area contributed by atoms with Gasteiger partial charge in [0.25, 0.3) is 0 Å². The summed E-state index contributed by atoms with van der Waals surface area (Å²) < 4.78 is 26.0. The lowest BCUT2D eigenvalue weighted by Crippen LogP contribution is -2.60. The number of ether oxygens (including phenoxy) is 4. The summed E-state index contributed by atoms with van der Waals surface area (Å²) >= 11 is 0. The molecule has 53 heavy (non-hydrogen) atoms. The van der Waals surface area contributed by atoms with Crippen molar-refractivity contribution in [1.29, 1.82) is 0 Å². The summed E-state index contributed by atoms with van der Waals surface area (Å²) in [4.78, 5) is 14.8. The molecule has 0 aromatic heterocycles. The molecule has 302 valence electrons. The number of fused-ring (bicyclic) bond motifs is 4. The Morgan fingerprint density at radius 2 is 1.66 bits per heavy atom. The summed E-state index contributed by atoms with van der Waals surface area (Å²) in [6, 6.07) is 0. The number of aliphatic hydroxyl groups is 2. The lowest BCUT2D eigenvalue weighted by Gasteiger charge is -2.64.